The van der Waals surface area contributed by atoms with Crippen LogP contribution in [0, 0.1) is 11.6 Å². The molecule has 4 aromatic rings. The molecule has 34 heavy (non-hydrogen) atoms. The Balaban J connectivity index is 1.77. The van der Waals surface area contributed by atoms with Crippen molar-refractivity contribution in [1.82, 2.24) is 14.4 Å². The first kappa shape index (κ1) is 23.1. The molecule has 1 aromatic carbocycles. The summed E-state index contributed by atoms with van der Waals surface area (Å²) >= 11 is 0. The number of anilines is 1. The average Bonchev–Trinajstić information content (AvgIpc) is 2.80. The third-order valence-corrected chi connectivity index (χ3v) is 6.17. The maximum absolute atomic E-state index is 14.1. The van der Waals surface area contributed by atoms with Crippen molar-refractivity contribution in [3.8, 4) is 22.8 Å². The quantitative estimate of drug-likeness (QED) is 0.425. The van der Waals surface area contributed by atoms with Crippen LogP contribution in [0.4, 0.5) is 14.5 Å². The standard InChI is InChI=1S/C22H18F2N4O5S/c1-3-33-18-11-25-20-7-4-13(12-28(20)22(18)29)14-8-17(21(32-2)26-10-14)27-34(30,31)19-6-5-15(23)9-16(19)24/h4-12,27H,3H2,1-2H3. The third-order valence-electron chi connectivity index (χ3n) is 4.78. The number of fused-ring (bicyclic) bond motifs is 1. The molecule has 9 nitrogen and oxygen atoms in total. The number of ether oxygens (including phenoxy) is 2. The van der Waals surface area contributed by atoms with Gasteiger partial charge in [-0.25, -0.2) is 27.2 Å². The van der Waals surface area contributed by atoms with Crippen LogP contribution in [-0.4, -0.2) is 36.5 Å². The third kappa shape index (κ3) is 4.39. The molecule has 0 saturated heterocycles. The lowest BCUT2D eigenvalue weighted by Gasteiger charge is -2.13. The Morgan fingerprint density at radius 1 is 1.06 bits per heavy atom. The minimum absolute atomic E-state index is 0.0758. The molecule has 0 spiro atoms. The summed E-state index contributed by atoms with van der Waals surface area (Å²) in [5, 5.41) is 0. The fourth-order valence-corrected chi connectivity index (χ4v) is 4.33. The number of rotatable bonds is 7. The van der Waals surface area contributed by atoms with Crippen LogP contribution in [0.15, 0.2) is 64.7 Å². The molecular weight excluding hydrogens is 470 g/mol. The van der Waals surface area contributed by atoms with Crippen molar-refractivity contribution in [3.63, 3.8) is 0 Å². The number of halogens is 2. The van der Waals surface area contributed by atoms with Crippen molar-refractivity contribution in [3.05, 3.63) is 77.0 Å². The smallest absolute Gasteiger partial charge is 0.300 e. The maximum atomic E-state index is 14.1. The second kappa shape index (κ2) is 9.06. The minimum atomic E-state index is -4.44. The van der Waals surface area contributed by atoms with E-state index in [1.807, 2.05) is 0 Å². The summed E-state index contributed by atoms with van der Waals surface area (Å²) < 4.78 is 66.7. The number of aromatic nitrogens is 3. The summed E-state index contributed by atoms with van der Waals surface area (Å²) in [7, 11) is -3.15. The Kier molecular flexibility index (Phi) is 6.16. The predicted molar refractivity (Wildman–Crippen MR) is 120 cm³/mol. The van der Waals surface area contributed by atoms with Gasteiger partial charge in [-0.05, 0) is 37.3 Å². The molecule has 0 amide bonds. The minimum Gasteiger partial charge on any atom is -0.487 e. The van der Waals surface area contributed by atoms with Crippen LogP contribution in [0.3, 0.4) is 0 Å². The molecule has 0 atom stereocenters. The molecule has 0 aliphatic carbocycles. The first-order chi connectivity index (χ1) is 16.2. The Morgan fingerprint density at radius 2 is 1.85 bits per heavy atom. The molecular formula is C22H18F2N4O5S. The van der Waals surface area contributed by atoms with E-state index in [0.29, 0.717) is 29.4 Å². The molecule has 4 rings (SSSR count). The lowest BCUT2D eigenvalue weighted by Crippen LogP contribution is -2.17. The Hall–Kier alpha value is -4.06. The molecule has 0 bridgehead atoms. The van der Waals surface area contributed by atoms with E-state index in [1.54, 1.807) is 19.1 Å². The van der Waals surface area contributed by atoms with E-state index < -0.39 is 32.1 Å². The number of sulfonamides is 1. The number of nitrogens with zero attached hydrogens (tertiary/aromatic N) is 3. The highest BCUT2D eigenvalue weighted by molar-refractivity contribution is 7.92. The molecule has 0 unspecified atom stereocenters. The van der Waals surface area contributed by atoms with E-state index in [0.717, 1.165) is 12.1 Å². The number of hydrogen-bond donors (Lipinski definition) is 1. The summed E-state index contributed by atoms with van der Waals surface area (Å²) in [5.74, 6) is -2.15. The van der Waals surface area contributed by atoms with Crippen LogP contribution in [0.5, 0.6) is 11.6 Å². The van der Waals surface area contributed by atoms with Crippen LogP contribution in [-0.2, 0) is 10.0 Å². The molecule has 0 aliphatic heterocycles. The largest absolute Gasteiger partial charge is 0.487 e. The summed E-state index contributed by atoms with van der Waals surface area (Å²) in [6, 6.07) is 6.81. The van der Waals surface area contributed by atoms with Gasteiger partial charge in [0.25, 0.3) is 15.6 Å². The first-order valence-corrected chi connectivity index (χ1v) is 11.4. The summed E-state index contributed by atoms with van der Waals surface area (Å²) in [5.41, 5.74) is 0.814. The van der Waals surface area contributed by atoms with Gasteiger partial charge in [0.05, 0.1) is 19.9 Å². The molecule has 176 valence electrons. The molecule has 3 aromatic heterocycles. The molecule has 3 heterocycles. The normalized spacial score (nSPS) is 11.4. The van der Waals surface area contributed by atoms with Gasteiger partial charge in [0, 0.05) is 29.6 Å². The van der Waals surface area contributed by atoms with Crippen LogP contribution in [0.1, 0.15) is 6.92 Å². The maximum Gasteiger partial charge on any atom is 0.300 e. The Morgan fingerprint density at radius 3 is 2.56 bits per heavy atom. The van der Waals surface area contributed by atoms with Gasteiger partial charge in [0.2, 0.25) is 11.6 Å². The predicted octanol–water partition coefficient (Wildman–Crippen LogP) is 3.24. The number of hydrogen-bond acceptors (Lipinski definition) is 7. The molecule has 0 radical (unpaired) electrons. The first-order valence-electron chi connectivity index (χ1n) is 9.90. The Labute approximate surface area is 192 Å². The monoisotopic (exact) mass is 488 g/mol. The van der Waals surface area contributed by atoms with Crippen molar-refractivity contribution < 1.29 is 26.7 Å². The van der Waals surface area contributed by atoms with Gasteiger partial charge in [-0.2, -0.15) is 0 Å². The number of pyridine rings is 2. The van der Waals surface area contributed by atoms with Crippen molar-refractivity contribution in [2.45, 2.75) is 11.8 Å². The van der Waals surface area contributed by atoms with E-state index in [9.17, 15) is 22.0 Å². The van der Waals surface area contributed by atoms with E-state index in [2.05, 4.69) is 14.7 Å². The lowest BCUT2D eigenvalue weighted by molar-refractivity contribution is 0.333. The van der Waals surface area contributed by atoms with Crippen LogP contribution < -0.4 is 19.8 Å². The van der Waals surface area contributed by atoms with Gasteiger partial charge in [-0.1, -0.05) is 0 Å². The molecule has 0 aliphatic rings. The van der Waals surface area contributed by atoms with Crippen molar-refractivity contribution in [2.75, 3.05) is 18.4 Å². The van der Waals surface area contributed by atoms with Crippen molar-refractivity contribution in [1.29, 1.82) is 0 Å². The SMILES string of the molecule is CCOc1cnc2ccc(-c3cnc(OC)c(NS(=O)(=O)c4ccc(F)cc4F)c3)cn2c1=O. The van der Waals surface area contributed by atoms with Gasteiger partial charge in [0.1, 0.15) is 27.9 Å². The number of nitrogens with one attached hydrogen (secondary N) is 1. The molecule has 0 fully saturated rings. The zero-order valence-corrected chi connectivity index (χ0v) is 18.8. The average molecular weight is 488 g/mol. The van der Waals surface area contributed by atoms with E-state index in [4.69, 9.17) is 9.47 Å². The summed E-state index contributed by atoms with van der Waals surface area (Å²) in [4.78, 5) is 20.2. The highest BCUT2D eigenvalue weighted by atomic mass is 32.2. The van der Waals surface area contributed by atoms with Crippen LogP contribution in [0.2, 0.25) is 0 Å². The lowest BCUT2D eigenvalue weighted by atomic mass is 10.1. The fraction of sp³-hybridized carbons (Fsp3) is 0.136. The van der Waals surface area contributed by atoms with Crippen LogP contribution >= 0.6 is 0 Å². The zero-order valence-electron chi connectivity index (χ0n) is 18.0. The van der Waals surface area contributed by atoms with Crippen molar-refractivity contribution >= 4 is 21.4 Å². The van der Waals surface area contributed by atoms with E-state index in [-0.39, 0.29) is 17.3 Å². The number of methoxy groups -OCH3 is 1. The highest BCUT2D eigenvalue weighted by Crippen LogP contribution is 2.30. The Bertz CT molecular complexity index is 1560. The zero-order chi connectivity index (χ0) is 24.5. The molecule has 1 N–H and O–H groups in total. The van der Waals surface area contributed by atoms with Gasteiger partial charge in [0.15, 0.2) is 0 Å². The topological polar surface area (TPSA) is 112 Å². The van der Waals surface area contributed by atoms with Gasteiger partial charge in [-0.15, -0.1) is 0 Å². The molecule has 12 heteroatoms. The second-order valence-corrected chi connectivity index (χ2v) is 8.62. The second-order valence-electron chi connectivity index (χ2n) is 6.97. The summed E-state index contributed by atoms with van der Waals surface area (Å²) in [6.45, 7) is 2.04. The fourth-order valence-electron chi connectivity index (χ4n) is 3.22. The van der Waals surface area contributed by atoms with Crippen molar-refractivity contribution in [2.24, 2.45) is 0 Å². The number of benzene rings is 1. The van der Waals surface area contributed by atoms with E-state index in [1.165, 1.54) is 36.2 Å². The highest BCUT2D eigenvalue weighted by Gasteiger charge is 2.22. The van der Waals surface area contributed by atoms with Crippen LogP contribution in [0.25, 0.3) is 16.8 Å². The molecule has 0 saturated carbocycles. The summed E-state index contributed by atoms with van der Waals surface area (Å²) in [6.07, 6.45) is 4.27. The van der Waals surface area contributed by atoms with Gasteiger partial charge in [-0.3, -0.25) is 13.9 Å². The van der Waals surface area contributed by atoms with E-state index >= 15 is 0 Å². The van der Waals surface area contributed by atoms with Gasteiger partial charge >= 0.3 is 0 Å². The van der Waals surface area contributed by atoms with Gasteiger partial charge < -0.3 is 9.47 Å².